The van der Waals surface area contributed by atoms with Crippen LogP contribution in [0.15, 0.2) is 30.6 Å². The Kier molecular flexibility index (Phi) is 4.97. The standard InChI is InChI=1S/C17H20ClN5O/c1-12-14(18)4-3-5-15(12)21-16(24)13-10-19-17(20-11-13)23-8-6-22(2)7-9-23/h3-5,10-11H,6-9H2,1-2H3,(H,21,24). The van der Waals surface area contributed by atoms with Crippen molar-refractivity contribution < 1.29 is 4.79 Å². The van der Waals surface area contributed by atoms with E-state index >= 15 is 0 Å². The molecule has 126 valence electrons. The molecule has 2 heterocycles. The first-order valence-corrected chi connectivity index (χ1v) is 8.24. The fourth-order valence-electron chi connectivity index (χ4n) is 2.55. The largest absolute Gasteiger partial charge is 0.338 e. The zero-order chi connectivity index (χ0) is 17.1. The van der Waals surface area contributed by atoms with Gasteiger partial charge in [-0.2, -0.15) is 0 Å². The normalized spacial score (nSPS) is 15.4. The summed E-state index contributed by atoms with van der Waals surface area (Å²) in [6.07, 6.45) is 3.13. The van der Waals surface area contributed by atoms with Gasteiger partial charge in [0.25, 0.3) is 5.91 Å². The Morgan fingerprint density at radius 1 is 1.17 bits per heavy atom. The van der Waals surface area contributed by atoms with Gasteiger partial charge in [-0.15, -0.1) is 0 Å². The fourth-order valence-corrected chi connectivity index (χ4v) is 2.72. The quantitative estimate of drug-likeness (QED) is 0.925. The van der Waals surface area contributed by atoms with Crippen molar-refractivity contribution in [2.24, 2.45) is 0 Å². The van der Waals surface area contributed by atoms with Gasteiger partial charge in [0.1, 0.15) is 0 Å². The number of benzene rings is 1. The summed E-state index contributed by atoms with van der Waals surface area (Å²) in [4.78, 5) is 25.4. The summed E-state index contributed by atoms with van der Waals surface area (Å²) in [5.74, 6) is 0.420. The lowest BCUT2D eigenvalue weighted by Gasteiger charge is -2.32. The smallest absolute Gasteiger partial charge is 0.258 e. The van der Waals surface area contributed by atoms with Gasteiger partial charge in [-0.25, -0.2) is 9.97 Å². The summed E-state index contributed by atoms with van der Waals surface area (Å²) < 4.78 is 0. The van der Waals surface area contributed by atoms with Crippen LogP contribution in [0.4, 0.5) is 11.6 Å². The van der Waals surface area contributed by atoms with Gasteiger partial charge in [0.05, 0.1) is 5.56 Å². The topological polar surface area (TPSA) is 61.4 Å². The highest BCUT2D eigenvalue weighted by Crippen LogP contribution is 2.23. The van der Waals surface area contributed by atoms with Crippen molar-refractivity contribution in [1.29, 1.82) is 0 Å². The molecule has 2 aromatic rings. The van der Waals surface area contributed by atoms with Crippen LogP contribution < -0.4 is 10.2 Å². The zero-order valence-corrected chi connectivity index (χ0v) is 14.5. The second-order valence-corrected chi connectivity index (χ2v) is 6.34. The molecule has 24 heavy (non-hydrogen) atoms. The van der Waals surface area contributed by atoms with Gasteiger partial charge in [-0.1, -0.05) is 17.7 Å². The van der Waals surface area contributed by atoms with Gasteiger partial charge >= 0.3 is 0 Å². The summed E-state index contributed by atoms with van der Waals surface area (Å²) in [6, 6.07) is 5.41. The van der Waals surface area contributed by atoms with E-state index in [4.69, 9.17) is 11.6 Å². The first-order valence-electron chi connectivity index (χ1n) is 7.86. The van der Waals surface area contributed by atoms with Crippen LogP contribution in [-0.4, -0.2) is 54.0 Å². The van der Waals surface area contributed by atoms with Crippen molar-refractivity contribution in [3.8, 4) is 0 Å². The molecule has 1 saturated heterocycles. The SMILES string of the molecule is Cc1c(Cl)cccc1NC(=O)c1cnc(N2CCN(C)CC2)nc1. The Morgan fingerprint density at radius 2 is 1.83 bits per heavy atom. The second-order valence-electron chi connectivity index (χ2n) is 5.93. The third-order valence-corrected chi connectivity index (χ3v) is 4.61. The number of carbonyl (C=O) groups is 1. The van der Waals surface area contributed by atoms with E-state index in [-0.39, 0.29) is 5.91 Å². The molecule has 1 aliphatic rings. The highest BCUT2D eigenvalue weighted by molar-refractivity contribution is 6.31. The number of hydrogen-bond acceptors (Lipinski definition) is 5. The van der Waals surface area contributed by atoms with Crippen LogP contribution in [-0.2, 0) is 0 Å². The third-order valence-electron chi connectivity index (χ3n) is 4.20. The highest BCUT2D eigenvalue weighted by atomic mass is 35.5. The Bertz CT molecular complexity index is 726. The van der Waals surface area contributed by atoms with Crippen LogP contribution in [0, 0.1) is 6.92 Å². The molecule has 1 amide bonds. The number of anilines is 2. The molecule has 1 fully saturated rings. The molecule has 1 N–H and O–H groups in total. The number of carbonyl (C=O) groups excluding carboxylic acids is 1. The Hall–Kier alpha value is -2.18. The lowest BCUT2D eigenvalue weighted by molar-refractivity contribution is 0.102. The van der Waals surface area contributed by atoms with Crippen LogP contribution >= 0.6 is 11.6 Å². The third kappa shape index (κ3) is 3.66. The van der Waals surface area contributed by atoms with E-state index in [0.29, 0.717) is 22.2 Å². The minimum absolute atomic E-state index is 0.245. The molecule has 7 heteroatoms. The van der Waals surface area contributed by atoms with Crippen molar-refractivity contribution in [3.63, 3.8) is 0 Å². The first kappa shape index (κ1) is 16.7. The van der Waals surface area contributed by atoms with E-state index < -0.39 is 0 Å². The van der Waals surface area contributed by atoms with E-state index in [2.05, 4.69) is 32.1 Å². The minimum atomic E-state index is -0.245. The Balaban J connectivity index is 1.69. The summed E-state index contributed by atoms with van der Waals surface area (Å²) >= 11 is 6.08. The maximum atomic E-state index is 12.4. The van der Waals surface area contributed by atoms with E-state index in [1.807, 2.05) is 13.0 Å². The minimum Gasteiger partial charge on any atom is -0.338 e. The van der Waals surface area contributed by atoms with Crippen molar-refractivity contribution in [2.75, 3.05) is 43.4 Å². The number of likely N-dealkylation sites (N-methyl/N-ethyl adjacent to an activating group) is 1. The van der Waals surface area contributed by atoms with Crippen LogP contribution in [0.25, 0.3) is 0 Å². The Labute approximate surface area is 146 Å². The predicted molar refractivity (Wildman–Crippen MR) is 95.9 cm³/mol. The van der Waals surface area contributed by atoms with Gasteiger partial charge in [0, 0.05) is 49.3 Å². The maximum absolute atomic E-state index is 12.4. The van der Waals surface area contributed by atoms with Gasteiger partial charge in [-0.05, 0) is 31.7 Å². The van der Waals surface area contributed by atoms with E-state index in [1.165, 1.54) is 0 Å². The van der Waals surface area contributed by atoms with E-state index in [9.17, 15) is 4.79 Å². The molecule has 6 nitrogen and oxygen atoms in total. The van der Waals surface area contributed by atoms with Gasteiger partial charge < -0.3 is 15.1 Å². The number of aromatic nitrogens is 2. The molecule has 3 rings (SSSR count). The molecule has 0 radical (unpaired) electrons. The average molecular weight is 346 g/mol. The summed E-state index contributed by atoms with van der Waals surface area (Å²) in [7, 11) is 2.10. The molecule has 0 unspecified atom stereocenters. The molecule has 1 aromatic heterocycles. The molecule has 0 bridgehead atoms. The predicted octanol–water partition coefficient (Wildman–Crippen LogP) is 2.44. The highest BCUT2D eigenvalue weighted by Gasteiger charge is 2.17. The summed E-state index contributed by atoms with van der Waals surface area (Å²) in [5, 5.41) is 3.47. The van der Waals surface area contributed by atoms with Gasteiger partial charge in [-0.3, -0.25) is 4.79 Å². The molecule has 0 aliphatic carbocycles. The Morgan fingerprint density at radius 3 is 2.50 bits per heavy atom. The van der Waals surface area contributed by atoms with Gasteiger partial charge in [0.2, 0.25) is 5.95 Å². The maximum Gasteiger partial charge on any atom is 0.258 e. The average Bonchev–Trinajstić information content (AvgIpc) is 2.60. The molecule has 0 spiro atoms. The van der Waals surface area contributed by atoms with E-state index in [0.717, 1.165) is 31.7 Å². The number of nitrogens with zero attached hydrogens (tertiary/aromatic N) is 4. The monoisotopic (exact) mass is 345 g/mol. The summed E-state index contributed by atoms with van der Waals surface area (Å²) in [6.45, 7) is 5.62. The number of rotatable bonds is 3. The number of halogens is 1. The summed E-state index contributed by atoms with van der Waals surface area (Å²) in [5.41, 5.74) is 1.95. The van der Waals surface area contributed by atoms with Crippen molar-refractivity contribution in [2.45, 2.75) is 6.92 Å². The number of nitrogens with one attached hydrogen (secondary N) is 1. The number of hydrogen-bond donors (Lipinski definition) is 1. The van der Waals surface area contributed by atoms with Gasteiger partial charge in [0.15, 0.2) is 0 Å². The van der Waals surface area contributed by atoms with Crippen LogP contribution in [0.1, 0.15) is 15.9 Å². The lowest BCUT2D eigenvalue weighted by Crippen LogP contribution is -2.45. The van der Waals surface area contributed by atoms with Crippen molar-refractivity contribution in [1.82, 2.24) is 14.9 Å². The molecule has 1 aromatic carbocycles. The molecule has 1 aliphatic heterocycles. The molecule has 0 atom stereocenters. The number of piperazine rings is 1. The van der Waals surface area contributed by atoms with Crippen LogP contribution in [0.2, 0.25) is 5.02 Å². The lowest BCUT2D eigenvalue weighted by atomic mass is 10.2. The van der Waals surface area contributed by atoms with Crippen molar-refractivity contribution in [3.05, 3.63) is 46.7 Å². The zero-order valence-electron chi connectivity index (χ0n) is 13.8. The first-order chi connectivity index (χ1) is 11.5. The molecule has 0 saturated carbocycles. The molecular formula is C17H20ClN5O. The fraction of sp³-hybridized carbons (Fsp3) is 0.353. The molecular weight excluding hydrogens is 326 g/mol. The number of amides is 1. The van der Waals surface area contributed by atoms with Crippen LogP contribution in [0.5, 0.6) is 0 Å². The van der Waals surface area contributed by atoms with Crippen LogP contribution in [0.3, 0.4) is 0 Å². The second kappa shape index (κ2) is 7.15. The van der Waals surface area contributed by atoms with Crippen molar-refractivity contribution >= 4 is 29.1 Å². The van der Waals surface area contributed by atoms with E-state index in [1.54, 1.807) is 24.5 Å².